The summed E-state index contributed by atoms with van der Waals surface area (Å²) in [7, 11) is 0. The summed E-state index contributed by atoms with van der Waals surface area (Å²) in [6.07, 6.45) is 7.96. The Morgan fingerprint density at radius 1 is 1.18 bits per heavy atom. The van der Waals surface area contributed by atoms with Crippen LogP contribution in [-0.2, 0) is 6.54 Å². The van der Waals surface area contributed by atoms with Crippen LogP contribution in [0.1, 0.15) is 49.7 Å². The maximum absolute atomic E-state index is 13.1. The third-order valence-electron chi connectivity index (χ3n) is 3.75. The molecule has 0 aromatic heterocycles. The molecule has 1 saturated carbocycles. The van der Waals surface area contributed by atoms with Crippen LogP contribution in [0.2, 0.25) is 0 Å². The Morgan fingerprint density at radius 3 is 2.59 bits per heavy atom. The second kappa shape index (κ2) is 6.15. The van der Waals surface area contributed by atoms with E-state index < -0.39 is 0 Å². The highest BCUT2D eigenvalue weighted by Crippen LogP contribution is 2.18. The molecule has 1 fully saturated rings. The number of hydrogen-bond acceptors (Lipinski definition) is 1. The molecule has 2 heteroatoms. The molecule has 1 N–H and O–H groups in total. The third-order valence-corrected chi connectivity index (χ3v) is 3.75. The molecule has 1 nitrogen and oxygen atoms in total. The van der Waals surface area contributed by atoms with Crippen LogP contribution in [0.4, 0.5) is 4.39 Å². The molecular formula is C15H22FN. The van der Waals surface area contributed by atoms with Crippen molar-refractivity contribution in [1.82, 2.24) is 5.32 Å². The molecular weight excluding hydrogens is 213 g/mol. The second-order valence-electron chi connectivity index (χ2n) is 5.14. The minimum atomic E-state index is -0.131. The number of aryl methyl sites for hydroxylation is 1. The van der Waals surface area contributed by atoms with Gasteiger partial charge in [0.1, 0.15) is 5.82 Å². The smallest absolute Gasteiger partial charge is 0.123 e. The van der Waals surface area contributed by atoms with Crippen LogP contribution in [0, 0.1) is 12.7 Å². The summed E-state index contributed by atoms with van der Waals surface area (Å²) in [6.45, 7) is 2.85. The Bertz CT molecular complexity index is 354. The van der Waals surface area contributed by atoms with E-state index in [4.69, 9.17) is 0 Å². The average molecular weight is 235 g/mol. The van der Waals surface area contributed by atoms with Crippen molar-refractivity contribution in [1.29, 1.82) is 0 Å². The second-order valence-corrected chi connectivity index (χ2v) is 5.14. The van der Waals surface area contributed by atoms with Crippen molar-refractivity contribution in [2.45, 2.75) is 58.0 Å². The largest absolute Gasteiger partial charge is 0.310 e. The van der Waals surface area contributed by atoms with Crippen LogP contribution < -0.4 is 5.32 Å². The van der Waals surface area contributed by atoms with Gasteiger partial charge in [0.2, 0.25) is 0 Å². The monoisotopic (exact) mass is 235 g/mol. The number of benzene rings is 1. The van der Waals surface area contributed by atoms with Crippen LogP contribution in [0.25, 0.3) is 0 Å². The van der Waals surface area contributed by atoms with Crippen LogP contribution in [0.15, 0.2) is 18.2 Å². The van der Waals surface area contributed by atoms with E-state index >= 15 is 0 Å². The van der Waals surface area contributed by atoms with Crippen LogP contribution in [-0.4, -0.2) is 6.04 Å². The zero-order valence-electron chi connectivity index (χ0n) is 10.6. The summed E-state index contributed by atoms with van der Waals surface area (Å²) in [6, 6.07) is 5.67. The van der Waals surface area contributed by atoms with E-state index in [9.17, 15) is 4.39 Å². The molecule has 0 bridgehead atoms. The van der Waals surface area contributed by atoms with Crippen molar-refractivity contribution in [3.8, 4) is 0 Å². The maximum Gasteiger partial charge on any atom is 0.123 e. The summed E-state index contributed by atoms with van der Waals surface area (Å²) in [5.41, 5.74) is 2.27. The van der Waals surface area contributed by atoms with E-state index in [0.29, 0.717) is 6.04 Å². The van der Waals surface area contributed by atoms with Gasteiger partial charge in [-0.05, 0) is 43.0 Å². The first-order valence-electron chi connectivity index (χ1n) is 6.74. The lowest BCUT2D eigenvalue weighted by Crippen LogP contribution is -2.28. The van der Waals surface area contributed by atoms with Gasteiger partial charge < -0.3 is 5.32 Å². The van der Waals surface area contributed by atoms with Gasteiger partial charge in [-0.25, -0.2) is 4.39 Å². The number of halogens is 1. The Hall–Kier alpha value is -0.890. The summed E-state index contributed by atoms with van der Waals surface area (Å²) >= 11 is 0. The maximum atomic E-state index is 13.1. The fourth-order valence-electron chi connectivity index (χ4n) is 2.57. The van der Waals surface area contributed by atoms with E-state index in [-0.39, 0.29) is 5.82 Å². The molecule has 0 unspecified atom stereocenters. The molecule has 0 heterocycles. The Labute approximate surface area is 103 Å². The van der Waals surface area contributed by atoms with Crippen molar-refractivity contribution >= 4 is 0 Å². The van der Waals surface area contributed by atoms with Gasteiger partial charge in [-0.1, -0.05) is 31.7 Å². The fraction of sp³-hybridized carbons (Fsp3) is 0.600. The number of rotatable bonds is 3. The lowest BCUT2D eigenvalue weighted by molar-refractivity contribution is 0.458. The molecule has 0 amide bonds. The van der Waals surface area contributed by atoms with E-state index in [2.05, 4.69) is 5.32 Å². The first-order valence-corrected chi connectivity index (χ1v) is 6.74. The summed E-state index contributed by atoms with van der Waals surface area (Å²) < 4.78 is 13.1. The first kappa shape index (κ1) is 12.6. The van der Waals surface area contributed by atoms with Gasteiger partial charge in [-0.3, -0.25) is 0 Å². The molecule has 2 rings (SSSR count). The molecule has 0 radical (unpaired) electrons. The highest BCUT2D eigenvalue weighted by atomic mass is 19.1. The molecule has 94 valence electrons. The van der Waals surface area contributed by atoms with Gasteiger partial charge in [0.15, 0.2) is 0 Å². The van der Waals surface area contributed by atoms with Crippen LogP contribution >= 0.6 is 0 Å². The molecule has 17 heavy (non-hydrogen) atoms. The van der Waals surface area contributed by atoms with Gasteiger partial charge >= 0.3 is 0 Å². The van der Waals surface area contributed by atoms with Crippen molar-refractivity contribution in [2.75, 3.05) is 0 Å². The standard InChI is InChI=1S/C15H22FN/c1-12-8-9-14(16)10-13(12)11-17-15-6-4-2-3-5-7-15/h8-10,15,17H,2-7,11H2,1H3. The predicted octanol–water partition coefficient (Wildman–Crippen LogP) is 3.95. The van der Waals surface area contributed by atoms with Gasteiger partial charge in [0, 0.05) is 12.6 Å². The lowest BCUT2D eigenvalue weighted by atomic mass is 10.1. The van der Waals surface area contributed by atoms with Gasteiger partial charge in [-0.2, -0.15) is 0 Å². The topological polar surface area (TPSA) is 12.0 Å². The predicted molar refractivity (Wildman–Crippen MR) is 69.5 cm³/mol. The van der Waals surface area contributed by atoms with Crippen LogP contribution in [0.5, 0.6) is 0 Å². The molecule has 0 saturated heterocycles. The van der Waals surface area contributed by atoms with E-state index in [0.717, 1.165) is 12.1 Å². The van der Waals surface area contributed by atoms with Gasteiger partial charge in [0.05, 0.1) is 0 Å². The minimum absolute atomic E-state index is 0.131. The molecule has 0 atom stereocenters. The SMILES string of the molecule is Cc1ccc(F)cc1CNC1CCCCCC1. The molecule has 1 aromatic carbocycles. The number of nitrogens with one attached hydrogen (secondary N) is 1. The highest BCUT2D eigenvalue weighted by molar-refractivity contribution is 5.26. The normalized spacial score (nSPS) is 18.0. The zero-order valence-corrected chi connectivity index (χ0v) is 10.6. The van der Waals surface area contributed by atoms with Crippen molar-refractivity contribution in [2.24, 2.45) is 0 Å². The van der Waals surface area contributed by atoms with Crippen LogP contribution in [0.3, 0.4) is 0 Å². The fourth-order valence-corrected chi connectivity index (χ4v) is 2.57. The summed E-state index contributed by atoms with van der Waals surface area (Å²) in [5.74, 6) is -0.131. The molecule has 0 spiro atoms. The zero-order chi connectivity index (χ0) is 12.1. The molecule has 1 aliphatic rings. The van der Waals surface area contributed by atoms with E-state index in [1.54, 1.807) is 6.07 Å². The third kappa shape index (κ3) is 3.81. The minimum Gasteiger partial charge on any atom is -0.310 e. The molecule has 1 aliphatic carbocycles. The first-order chi connectivity index (χ1) is 8.25. The Kier molecular flexibility index (Phi) is 4.55. The molecule has 0 aliphatic heterocycles. The van der Waals surface area contributed by atoms with Gasteiger partial charge in [-0.15, -0.1) is 0 Å². The summed E-state index contributed by atoms with van der Waals surface area (Å²) in [5, 5.41) is 3.58. The number of hydrogen-bond donors (Lipinski definition) is 1. The molecule has 1 aromatic rings. The lowest BCUT2D eigenvalue weighted by Gasteiger charge is -2.17. The quantitative estimate of drug-likeness (QED) is 0.782. The van der Waals surface area contributed by atoms with Crippen molar-refractivity contribution in [3.63, 3.8) is 0 Å². The highest BCUT2D eigenvalue weighted by Gasteiger charge is 2.11. The van der Waals surface area contributed by atoms with E-state index in [1.165, 1.54) is 50.2 Å². The Morgan fingerprint density at radius 2 is 1.88 bits per heavy atom. The average Bonchev–Trinajstić information content (AvgIpc) is 2.59. The van der Waals surface area contributed by atoms with E-state index in [1.807, 2.05) is 13.0 Å². The van der Waals surface area contributed by atoms with Crippen molar-refractivity contribution < 1.29 is 4.39 Å². The van der Waals surface area contributed by atoms with Gasteiger partial charge in [0.25, 0.3) is 0 Å². The Balaban J connectivity index is 1.89. The van der Waals surface area contributed by atoms with Crippen molar-refractivity contribution in [3.05, 3.63) is 35.1 Å². The summed E-state index contributed by atoms with van der Waals surface area (Å²) in [4.78, 5) is 0.